The number of rotatable bonds is 16. The molecule has 0 bridgehead atoms. The third kappa shape index (κ3) is 8.17. The van der Waals surface area contributed by atoms with E-state index in [1.54, 1.807) is 24.3 Å². The number of hydrazone groups is 1. The first kappa shape index (κ1) is 34.5. The molecule has 1 unspecified atom stereocenters. The van der Waals surface area contributed by atoms with Crippen LogP contribution in [0.25, 0.3) is 0 Å². The van der Waals surface area contributed by atoms with Crippen molar-refractivity contribution < 1.29 is 13.6 Å². The van der Waals surface area contributed by atoms with Crippen LogP contribution in [0.15, 0.2) is 139 Å². The van der Waals surface area contributed by atoms with Gasteiger partial charge < -0.3 is 10.6 Å². The van der Waals surface area contributed by atoms with Gasteiger partial charge >= 0.3 is 0 Å². The molecule has 0 aliphatic carbocycles. The van der Waals surface area contributed by atoms with Crippen molar-refractivity contribution >= 4 is 11.7 Å². The fraction of sp³-hybridized carbons (Fsp3) is 0.300. The fourth-order valence-electron chi connectivity index (χ4n) is 6.56. The molecule has 1 aliphatic heterocycles. The Morgan fingerprint density at radius 1 is 0.771 bits per heavy atom. The molecule has 1 saturated heterocycles. The summed E-state index contributed by atoms with van der Waals surface area (Å²) in [6.45, 7) is 0.608. The van der Waals surface area contributed by atoms with E-state index in [2.05, 4.69) is 36.4 Å². The minimum absolute atomic E-state index is 0.00163. The van der Waals surface area contributed by atoms with Crippen molar-refractivity contribution in [3.63, 3.8) is 0 Å². The number of amides is 1. The van der Waals surface area contributed by atoms with Gasteiger partial charge in [-0.15, -0.1) is 5.10 Å². The highest BCUT2D eigenvalue weighted by Crippen LogP contribution is 2.41. The molecule has 1 amide bonds. The normalized spacial score (nSPS) is 15.7. The number of amidine groups is 1. The Bertz CT molecular complexity index is 1540. The molecule has 8 heteroatoms. The van der Waals surface area contributed by atoms with Crippen LogP contribution in [0.5, 0.6) is 0 Å². The van der Waals surface area contributed by atoms with E-state index in [0.717, 1.165) is 42.4 Å². The molecule has 48 heavy (non-hydrogen) atoms. The zero-order chi connectivity index (χ0) is 33.8. The van der Waals surface area contributed by atoms with Gasteiger partial charge in [0.2, 0.25) is 5.91 Å². The molecule has 0 aromatic heterocycles. The Morgan fingerprint density at radius 2 is 1.25 bits per heavy atom. The second-order valence-corrected chi connectivity index (χ2v) is 12.3. The van der Waals surface area contributed by atoms with Crippen molar-refractivity contribution in [2.24, 2.45) is 16.7 Å². The van der Waals surface area contributed by atoms with Crippen LogP contribution < -0.4 is 11.6 Å². The molecule has 4 aromatic rings. The van der Waals surface area contributed by atoms with Gasteiger partial charge in [0.15, 0.2) is 0 Å². The lowest BCUT2D eigenvalue weighted by Gasteiger charge is -2.41. The van der Waals surface area contributed by atoms with Crippen LogP contribution in [0, 0.1) is 0 Å². The molecular formula is C40H45F2N5O. The maximum Gasteiger partial charge on any atom is 0.276 e. The van der Waals surface area contributed by atoms with E-state index in [4.69, 9.17) is 16.7 Å². The van der Waals surface area contributed by atoms with Crippen LogP contribution >= 0.6 is 0 Å². The largest absolute Gasteiger partial charge is 0.386 e. The summed E-state index contributed by atoms with van der Waals surface area (Å²) in [6, 6.07) is 37.9. The van der Waals surface area contributed by atoms with Crippen molar-refractivity contribution in [2.75, 3.05) is 6.54 Å². The summed E-state index contributed by atoms with van der Waals surface area (Å²) in [7, 11) is 0. The molecule has 0 radical (unpaired) electrons. The summed E-state index contributed by atoms with van der Waals surface area (Å²) in [5.74, 6) is 4.45. The summed E-state index contributed by atoms with van der Waals surface area (Å²) in [5.41, 5.74) is 8.49. The number of hydrazine groups is 1. The number of hydrogen-bond donors (Lipinski definition) is 2. The summed E-state index contributed by atoms with van der Waals surface area (Å²) in [6.07, 6.45) is 8.06. The van der Waals surface area contributed by atoms with Gasteiger partial charge in [-0.2, -0.15) is 0 Å². The molecule has 1 atom stereocenters. The van der Waals surface area contributed by atoms with E-state index in [9.17, 15) is 13.6 Å². The maximum absolute atomic E-state index is 14.6. The van der Waals surface area contributed by atoms with E-state index < -0.39 is 11.5 Å². The number of nitrogens with two attached hydrogens (primary N) is 2. The summed E-state index contributed by atoms with van der Waals surface area (Å²) in [5, 5.41) is 6.23. The highest BCUT2D eigenvalue weighted by Gasteiger charge is 2.41. The highest BCUT2D eigenvalue weighted by atomic mass is 19.3. The SMILES string of the molecule is N/C(CCCCCCN1C(=O)CCC1/C=C/CC(F)(F)c1ccccc1)=N\N(N)C(c1ccccc1)(c1ccccc1)c1ccccc1. The second-order valence-electron chi connectivity index (χ2n) is 12.3. The van der Waals surface area contributed by atoms with Gasteiger partial charge in [-0.05, 0) is 36.0 Å². The molecule has 6 nitrogen and oxygen atoms in total. The number of carbonyl (C=O) groups excluding carboxylic acids is 1. The number of hydrogen-bond acceptors (Lipinski definition) is 4. The Balaban J connectivity index is 1.16. The smallest absolute Gasteiger partial charge is 0.276 e. The van der Waals surface area contributed by atoms with Crippen LogP contribution in [0.1, 0.15) is 73.6 Å². The van der Waals surface area contributed by atoms with Crippen LogP contribution in [-0.2, 0) is 16.3 Å². The first-order valence-electron chi connectivity index (χ1n) is 16.8. The lowest BCUT2D eigenvalue weighted by atomic mass is 9.77. The van der Waals surface area contributed by atoms with Crippen molar-refractivity contribution in [1.29, 1.82) is 0 Å². The Hall–Kier alpha value is -4.82. The zero-order valence-corrected chi connectivity index (χ0v) is 27.3. The maximum atomic E-state index is 14.6. The number of carbonyl (C=O) groups is 1. The van der Waals surface area contributed by atoms with Gasteiger partial charge in [0, 0.05) is 31.4 Å². The molecule has 1 heterocycles. The first-order chi connectivity index (χ1) is 23.3. The standard InChI is InChI=1S/C40H45F2N5O/c41-39(42,32-18-7-3-8-19-32)30-17-26-36-28-29-38(48)46(36)31-16-2-1-15-27-37(43)45-47(44)40(33-20-9-4-10-21-33,34-22-11-5-12-23-34)35-24-13-6-14-25-35/h3-14,17-26,36H,1-2,15-16,27-31,44H2,(H2,43,45)/b26-17+. The predicted octanol–water partition coefficient (Wildman–Crippen LogP) is 8.11. The molecule has 4 N–H and O–H groups in total. The topological polar surface area (TPSA) is 88.0 Å². The van der Waals surface area contributed by atoms with E-state index in [-0.39, 0.29) is 23.9 Å². The number of likely N-dealkylation sites (tertiary alicyclic amines) is 1. The molecule has 0 spiro atoms. The predicted molar refractivity (Wildman–Crippen MR) is 189 cm³/mol. The van der Waals surface area contributed by atoms with Gasteiger partial charge in [-0.25, -0.2) is 19.7 Å². The molecule has 5 rings (SSSR count). The number of unbranched alkanes of at least 4 members (excludes halogenated alkanes) is 3. The van der Waals surface area contributed by atoms with Crippen molar-refractivity contribution in [2.45, 2.75) is 68.9 Å². The highest BCUT2D eigenvalue weighted by molar-refractivity contribution is 5.80. The van der Waals surface area contributed by atoms with Crippen LogP contribution in [-0.4, -0.2) is 34.3 Å². The lowest BCUT2D eigenvalue weighted by molar-refractivity contribution is -0.128. The summed E-state index contributed by atoms with van der Waals surface area (Å²) in [4.78, 5) is 14.4. The zero-order valence-electron chi connectivity index (χ0n) is 27.3. The Morgan fingerprint density at radius 3 is 1.77 bits per heavy atom. The van der Waals surface area contributed by atoms with Crippen molar-refractivity contribution in [3.05, 3.63) is 156 Å². The summed E-state index contributed by atoms with van der Waals surface area (Å²) >= 11 is 0. The molecular weight excluding hydrogens is 604 g/mol. The second kappa shape index (κ2) is 16.3. The average molecular weight is 650 g/mol. The van der Waals surface area contributed by atoms with E-state index in [1.807, 2.05) is 59.5 Å². The van der Waals surface area contributed by atoms with Gasteiger partial charge in [-0.3, -0.25) is 4.79 Å². The minimum atomic E-state index is -2.94. The van der Waals surface area contributed by atoms with Crippen LogP contribution in [0.3, 0.4) is 0 Å². The van der Waals surface area contributed by atoms with Crippen molar-refractivity contribution in [3.8, 4) is 0 Å². The molecule has 250 valence electrons. The third-order valence-electron chi connectivity index (χ3n) is 9.04. The molecule has 0 saturated carbocycles. The van der Waals surface area contributed by atoms with Gasteiger partial charge in [-0.1, -0.05) is 146 Å². The number of halogens is 2. The lowest BCUT2D eigenvalue weighted by Crippen LogP contribution is -2.50. The molecule has 1 fully saturated rings. The van der Waals surface area contributed by atoms with E-state index in [0.29, 0.717) is 31.6 Å². The Kier molecular flexibility index (Phi) is 11.7. The fourth-order valence-corrected chi connectivity index (χ4v) is 6.56. The average Bonchev–Trinajstić information content (AvgIpc) is 3.46. The molecule has 1 aliphatic rings. The van der Waals surface area contributed by atoms with Crippen LogP contribution in [0.4, 0.5) is 8.78 Å². The van der Waals surface area contributed by atoms with Crippen molar-refractivity contribution in [1.82, 2.24) is 10.0 Å². The third-order valence-corrected chi connectivity index (χ3v) is 9.04. The van der Waals surface area contributed by atoms with Crippen LogP contribution in [0.2, 0.25) is 0 Å². The number of alkyl halides is 2. The number of benzene rings is 4. The minimum Gasteiger partial charge on any atom is -0.386 e. The van der Waals surface area contributed by atoms with Gasteiger partial charge in [0.25, 0.3) is 5.92 Å². The number of nitrogens with zero attached hydrogens (tertiary/aromatic N) is 3. The van der Waals surface area contributed by atoms with E-state index >= 15 is 0 Å². The van der Waals surface area contributed by atoms with Gasteiger partial charge in [0.05, 0.1) is 6.04 Å². The summed E-state index contributed by atoms with van der Waals surface area (Å²) < 4.78 is 29.2. The quantitative estimate of drug-likeness (QED) is 0.0244. The van der Waals surface area contributed by atoms with Gasteiger partial charge in [0.1, 0.15) is 11.4 Å². The Labute approximate surface area is 282 Å². The van der Waals surface area contributed by atoms with E-state index in [1.165, 1.54) is 23.3 Å². The first-order valence-corrected chi connectivity index (χ1v) is 16.8. The molecule has 4 aromatic carbocycles. The monoisotopic (exact) mass is 649 g/mol. The number of allylic oxidation sites excluding steroid dienone is 1.